The molecule has 1 unspecified atom stereocenters. The predicted octanol–water partition coefficient (Wildman–Crippen LogP) is 1.40. The van der Waals surface area contributed by atoms with Crippen LogP contribution in [0.2, 0.25) is 0 Å². The summed E-state index contributed by atoms with van der Waals surface area (Å²) in [7, 11) is 1.27. The predicted molar refractivity (Wildman–Crippen MR) is 82.2 cm³/mol. The number of aryl methyl sites for hydroxylation is 1. The maximum Gasteiger partial charge on any atom is 0.337 e. The average Bonchev–Trinajstić information content (AvgIpc) is 2.48. The van der Waals surface area contributed by atoms with E-state index in [-0.39, 0.29) is 19.0 Å². The van der Waals surface area contributed by atoms with Gasteiger partial charge in [0.15, 0.2) is 5.60 Å². The number of aromatic hydroxyl groups is 1. The zero-order chi connectivity index (χ0) is 17.3. The highest BCUT2D eigenvalue weighted by atomic mass is 16.5. The Balaban J connectivity index is 0.000000409. The topological polar surface area (TPSA) is 107 Å². The van der Waals surface area contributed by atoms with Crippen molar-refractivity contribution >= 4 is 5.97 Å². The smallest absolute Gasteiger partial charge is 0.337 e. The van der Waals surface area contributed by atoms with Gasteiger partial charge in [-0.05, 0) is 20.3 Å². The van der Waals surface area contributed by atoms with Crippen LogP contribution in [0.15, 0.2) is 12.1 Å². The Morgan fingerprint density at radius 2 is 1.68 bits per heavy atom. The second-order valence-corrected chi connectivity index (χ2v) is 5.26. The fourth-order valence-corrected chi connectivity index (χ4v) is 1.98. The first-order valence-corrected chi connectivity index (χ1v) is 7.07. The minimum atomic E-state index is -1.30. The molecule has 0 aliphatic heterocycles. The highest BCUT2D eigenvalue weighted by molar-refractivity contribution is 5.78. The van der Waals surface area contributed by atoms with Crippen LogP contribution in [-0.4, -0.2) is 39.1 Å². The summed E-state index contributed by atoms with van der Waals surface area (Å²) in [6.07, 6.45) is 1.21. The first-order chi connectivity index (χ1) is 10.2. The van der Waals surface area contributed by atoms with Gasteiger partial charge in [0.05, 0.1) is 20.3 Å². The molecule has 22 heavy (non-hydrogen) atoms. The van der Waals surface area contributed by atoms with Gasteiger partial charge in [-0.1, -0.05) is 31.0 Å². The van der Waals surface area contributed by atoms with Crippen LogP contribution in [-0.2, 0) is 22.7 Å². The molecular formula is C16H26O6. The van der Waals surface area contributed by atoms with Gasteiger partial charge in [0, 0.05) is 11.1 Å². The lowest BCUT2D eigenvalue weighted by Gasteiger charge is -2.18. The number of phenols is 1. The molecule has 6 nitrogen and oxygen atoms in total. The molecule has 4 N–H and O–H groups in total. The first kappa shape index (κ1) is 20.4. The quantitative estimate of drug-likeness (QED) is 0.612. The van der Waals surface area contributed by atoms with Crippen molar-refractivity contribution in [2.45, 2.75) is 52.4 Å². The van der Waals surface area contributed by atoms with Crippen molar-refractivity contribution in [1.29, 1.82) is 0 Å². The van der Waals surface area contributed by atoms with E-state index in [2.05, 4.69) is 4.74 Å². The Labute approximate surface area is 131 Å². The van der Waals surface area contributed by atoms with Crippen molar-refractivity contribution in [2.75, 3.05) is 7.11 Å². The largest absolute Gasteiger partial charge is 0.507 e. The van der Waals surface area contributed by atoms with Gasteiger partial charge in [-0.3, -0.25) is 0 Å². The molecule has 1 aromatic rings. The minimum Gasteiger partial charge on any atom is -0.507 e. The van der Waals surface area contributed by atoms with Gasteiger partial charge < -0.3 is 25.2 Å². The van der Waals surface area contributed by atoms with Crippen LogP contribution in [0, 0.1) is 6.92 Å². The number of hydrogen-bond donors (Lipinski definition) is 4. The Morgan fingerprint density at radius 1 is 1.23 bits per heavy atom. The molecular weight excluding hydrogens is 288 g/mol. The van der Waals surface area contributed by atoms with E-state index in [1.54, 1.807) is 12.1 Å². The lowest BCUT2D eigenvalue weighted by atomic mass is 10.0. The Hall–Kier alpha value is -1.63. The SMILES string of the molecule is CCCC(C)(O)C(=O)OC.Cc1cc(CO)c(O)c(CO)c1. The summed E-state index contributed by atoms with van der Waals surface area (Å²) in [5.74, 6) is -0.569. The normalized spacial score (nSPS) is 12.9. The second kappa shape index (κ2) is 9.40. The number of esters is 1. The highest BCUT2D eigenvalue weighted by Gasteiger charge is 2.29. The number of aliphatic hydroxyl groups is 3. The van der Waals surface area contributed by atoms with Gasteiger partial charge in [0.2, 0.25) is 0 Å². The highest BCUT2D eigenvalue weighted by Crippen LogP contribution is 2.24. The van der Waals surface area contributed by atoms with E-state index in [0.29, 0.717) is 17.5 Å². The number of ether oxygens (including phenoxy) is 1. The van der Waals surface area contributed by atoms with Gasteiger partial charge in [-0.2, -0.15) is 0 Å². The van der Waals surface area contributed by atoms with Gasteiger partial charge in [0.1, 0.15) is 5.75 Å². The molecule has 0 bridgehead atoms. The third-order valence-electron chi connectivity index (χ3n) is 3.11. The minimum absolute atomic E-state index is 0.00870. The maximum atomic E-state index is 10.8. The molecule has 0 aliphatic carbocycles. The summed E-state index contributed by atoms with van der Waals surface area (Å²) in [5.41, 5.74) is 0.530. The molecule has 0 aromatic heterocycles. The van der Waals surface area contributed by atoms with Gasteiger partial charge in [-0.25, -0.2) is 4.79 Å². The van der Waals surface area contributed by atoms with E-state index in [1.165, 1.54) is 14.0 Å². The van der Waals surface area contributed by atoms with Gasteiger partial charge >= 0.3 is 5.97 Å². The average molecular weight is 314 g/mol. The molecule has 0 amide bonds. The molecule has 0 saturated carbocycles. The number of rotatable bonds is 5. The van der Waals surface area contributed by atoms with Crippen LogP contribution >= 0.6 is 0 Å². The fourth-order valence-electron chi connectivity index (χ4n) is 1.98. The summed E-state index contributed by atoms with van der Waals surface area (Å²) in [5, 5.41) is 36.3. The number of carbonyl (C=O) groups is 1. The summed E-state index contributed by atoms with van der Waals surface area (Å²) in [4.78, 5) is 10.8. The lowest BCUT2D eigenvalue weighted by Crippen LogP contribution is -2.35. The van der Waals surface area contributed by atoms with Crippen LogP contribution in [0.25, 0.3) is 0 Å². The molecule has 6 heteroatoms. The summed E-state index contributed by atoms with van der Waals surface area (Å²) in [6.45, 7) is 4.79. The summed E-state index contributed by atoms with van der Waals surface area (Å²) >= 11 is 0. The van der Waals surface area contributed by atoms with E-state index >= 15 is 0 Å². The van der Waals surface area contributed by atoms with Crippen LogP contribution in [0.1, 0.15) is 43.4 Å². The third-order valence-corrected chi connectivity index (χ3v) is 3.11. The van der Waals surface area contributed by atoms with E-state index in [0.717, 1.165) is 12.0 Å². The molecule has 1 rings (SSSR count). The first-order valence-electron chi connectivity index (χ1n) is 7.07. The maximum absolute atomic E-state index is 10.8. The Kier molecular flexibility index (Phi) is 8.70. The number of methoxy groups -OCH3 is 1. The molecule has 0 heterocycles. The van der Waals surface area contributed by atoms with Crippen LogP contribution < -0.4 is 0 Å². The molecule has 1 aromatic carbocycles. The van der Waals surface area contributed by atoms with Crippen LogP contribution in [0.4, 0.5) is 0 Å². The van der Waals surface area contributed by atoms with Crippen molar-refractivity contribution in [3.05, 3.63) is 28.8 Å². The zero-order valence-electron chi connectivity index (χ0n) is 13.6. The zero-order valence-corrected chi connectivity index (χ0v) is 13.6. The molecule has 1 atom stereocenters. The van der Waals surface area contributed by atoms with E-state index < -0.39 is 11.6 Å². The lowest BCUT2D eigenvalue weighted by molar-refractivity contribution is -0.161. The number of carbonyl (C=O) groups excluding carboxylic acids is 1. The van der Waals surface area contributed by atoms with E-state index in [4.69, 9.17) is 10.2 Å². The molecule has 0 radical (unpaired) electrons. The second-order valence-electron chi connectivity index (χ2n) is 5.26. The van der Waals surface area contributed by atoms with Crippen molar-refractivity contribution < 1.29 is 30.0 Å². The molecule has 0 saturated heterocycles. The molecule has 0 aliphatic rings. The van der Waals surface area contributed by atoms with Crippen molar-refractivity contribution in [2.24, 2.45) is 0 Å². The van der Waals surface area contributed by atoms with Crippen LogP contribution in [0.5, 0.6) is 5.75 Å². The van der Waals surface area contributed by atoms with Crippen LogP contribution in [0.3, 0.4) is 0 Å². The van der Waals surface area contributed by atoms with Gasteiger partial charge in [0.25, 0.3) is 0 Å². The van der Waals surface area contributed by atoms with Gasteiger partial charge in [-0.15, -0.1) is 0 Å². The number of hydrogen-bond acceptors (Lipinski definition) is 6. The van der Waals surface area contributed by atoms with E-state index in [1.807, 2.05) is 13.8 Å². The van der Waals surface area contributed by atoms with Crippen molar-refractivity contribution in [3.8, 4) is 5.75 Å². The summed E-state index contributed by atoms with van der Waals surface area (Å²) in [6, 6.07) is 3.38. The van der Waals surface area contributed by atoms with Crippen molar-refractivity contribution in [3.63, 3.8) is 0 Å². The number of aliphatic hydroxyl groups excluding tert-OH is 2. The summed E-state index contributed by atoms with van der Waals surface area (Å²) < 4.78 is 4.38. The fraction of sp³-hybridized carbons (Fsp3) is 0.562. The monoisotopic (exact) mass is 314 g/mol. The van der Waals surface area contributed by atoms with E-state index in [9.17, 15) is 15.0 Å². The Bertz CT molecular complexity index is 457. The van der Waals surface area contributed by atoms with Crippen molar-refractivity contribution in [1.82, 2.24) is 0 Å². The third kappa shape index (κ3) is 6.01. The molecule has 0 fully saturated rings. The standard InChI is InChI=1S/C9H12O3.C7H14O3/c1-6-2-7(4-10)9(12)8(3-6)5-11;1-4-5-7(2,9)6(8)10-3/h2-3,10-12H,4-5H2,1H3;9H,4-5H2,1-3H3. The number of benzene rings is 1. The Morgan fingerprint density at radius 3 is 2.00 bits per heavy atom. The molecule has 0 spiro atoms. The molecule has 126 valence electrons.